The summed E-state index contributed by atoms with van der Waals surface area (Å²) in [6.45, 7) is 1.93. The molecule has 0 aliphatic rings. The van der Waals surface area contributed by atoms with E-state index in [1.165, 1.54) is 0 Å². The zero-order chi connectivity index (χ0) is 26.2. The molecule has 0 radical (unpaired) electrons. The van der Waals surface area contributed by atoms with Crippen LogP contribution in [0.25, 0.3) is 67.0 Å². The third-order valence-electron chi connectivity index (χ3n) is 6.79. The molecule has 7 rings (SSSR count). The summed E-state index contributed by atoms with van der Waals surface area (Å²) in [5.41, 5.74) is 8.97. The van der Waals surface area contributed by atoms with Crippen molar-refractivity contribution < 1.29 is 0 Å². The SMILES string of the molecule is Cc1c#cc2ccc3c(-c4cc(-c5ccccc5)nc(-c5ccccc5)n4)cc(-c4ccccc4)nc3c2n1. The minimum Gasteiger partial charge on any atom is -0.245 e. The topological polar surface area (TPSA) is 51.6 Å². The van der Waals surface area contributed by atoms with Gasteiger partial charge in [-0.15, -0.1) is 0 Å². The third-order valence-corrected chi connectivity index (χ3v) is 6.79. The fraction of sp³-hybridized carbons (Fsp3) is 0.0286. The molecule has 4 heteroatoms. The second-order valence-corrected chi connectivity index (χ2v) is 9.42. The van der Waals surface area contributed by atoms with Crippen LogP contribution in [0.3, 0.4) is 0 Å². The van der Waals surface area contributed by atoms with Gasteiger partial charge in [-0.2, -0.15) is 0 Å². The number of hydrogen-bond acceptors (Lipinski definition) is 4. The standard InChI is InChI=1S/C35H22N4/c1-23-17-18-26-19-20-28-29(21-30(24-11-5-2-6-12-24)37-34(28)33(26)36-23)32-22-31(25-13-7-3-8-14-25)38-35(39-32)27-15-9-4-10-16-27/h2-16,19-22H,1H3. The van der Waals surface area contributed by atoms with E-state index in [9.17, 15) is 0 Å². The van der Waals surface area contributed by atoms with Crippen LogP contribution in [0.4, 0.5) is 0 Å². The van der Waals surface area contributed by atoms with Gasteiger partial charge in [-0.05, 0) is 31.2 Å². The molecule has 3 aromatic heterocycles. The minimum atomic E-state index is 0.677. The minimum absolute atomic E-state index is 0.677. The molecule has 0 N–H and O–H groups in total. The van der Waals surface area contributed by atoms with Crippen LogP contribution in [-0.2, 0) is 0 Å². The summed E-state index contributed by atoms with van der Waals surface area (Å²) < 4.78 is 0. The van der Waals surface area contributed by atoms with Crippen LogP contribution in [-0.4, -0.2) is 19.9 Å². The number of benzene rings is 4. The molecule has 0 amide bonds. The summed E-state index contributed by atoms with van der Waals surface area (Å²) in [5, 5.41) is 1.86. The van der Waals surface area contributed by atoms with Gasteiger partial charge < -0.3 is 0 Å². The molecular weight excluding hydrogens is 476 g/mol. The number of pyridine rings is 1. The molecule has 0 aliphatic heterocycles. The molecule has 0 bridgehead atoms. The highest BCUT2D eigenvalue weighted by atomic mass is 14.9. The second kappa shape index (κ2) is 9.48. The lowest BCUT2D eigenvalue weighted by molar-refractivity contribution is 1.18. The van der Waals surface area contributed by atoms with Crippen molar-refractivity contribution in [2.24, 2.45) is 0 Å². The molecule has 0 saturated carbocycles. The Morgan fingerprint density at radius 3 is 1.74 bits per heavy atom. The monoisotopic (exact) mass is 498 g/mol. The Balaban J connectivity index is 1.56. The number of aryl methyl sites for hydroxylation is 1. The van der Waals surface area contributed by atoms with E-state index in [2.05, 4.69) is 54.6 Å². The van der Waals surface area contributed by atoms with Gasteiger partial charge in [-0.25, -0.2) is 19.9 Å². The van der Waals surface area contributed by atoms with Gasteiger partial charge in [-0.1, -0.05) is 103 Å². The summed E-state index contributed by atoms with van der Waals surface area (Å²) in [6.07, 6.45) is 0. The van der Waals surface area contributed by atoms with Crippen molar-refractivity contribution in [1.82, 2.24) is 19.9 Å². The molecule has 0 fully saturated rings. The van der Waals surface area contributed by atoms with E-state index in [-0.39, 0.29) is 0 Å². The highest BCUT2D eigenvalue weighted by Gasteiger charge is 2.17. The van der Waals surface area contributed by atoms with Crippen molar-refractivity contribution in [3.63, 3.8) is 0 Å². The van der Waals surface area contributed by atoms with Gasteiger partial charge in [0.15, 0.2) is 5.82 Å². The molecule has 0 saturated heterocycles. The largest absolute Gasteiger partial charge is 0.245 e. The van der Waals surface area contributed by atoms with Gasteiger partial charge >= 0.3 is 0 Å². The molecule has 0 aliphatic carbocycles. The van der Waals surface area contributed by atoms with Gasteiger partial charge in [-0.3, -0.25) is 0 Å². The third kappa shape index (κ3) is 4.27. The Labute approximate surface area is 226 Å². The van der Waals surface area contributed by atoms with Crippen LogP contribution >= 0.6 is 0 Å². The highest BCUT2D eigenvalue weighted by molar-refractivity contribution is 6.08. The average molecular weight is 499 g/mol. The first-order chi connectivity index (χ1) is 19.2. The van der Waals surface area contributed by atoms with Gasteiger partial charge in [0.05, 0.1) is 33.7 Å². The Morgan fingerprint density at radius 2 is 1.08 bits per heavy atom. The normalized spacial score (nSPS) is 11.0. The predicted octanol–water partition coefficient (Wildman–Crippen LogP) is 8.15. The fourth-order valence-corrected chi connectivity index (χ4v) is 4.87. The summed E-state index contributed by atoms with van der Waals surface area (Å²) in [4.78, 5) is 20.0. The smallest absolute Gasteiger partial charge is 0.160 e. The Hall–Kier alpha value is -5.40. The first kappa shape index (κ1) is 22.8. The molecule has 0 unspecified atom stereocenters. The van der Waals surface area contributed by atoms with Crippen LogP contribution in [0.15, 0.2) is 115 Å². The second-order valence-electron chi connectivity index (χ2n) is 9.42. The van der Waals surface area contributed by atoms with Crippen molar-refractivity contribution in [1.29, 1.82) is 0 Å². The predicted molar refractivity (Wildman–Crippen MR) is 157 cm³/mol. The molecular formula is C35H22N4. The zero-order valence-corrected chi connectivity index (χ0v) is 21.3. The lowest BCUT2D eigenvalue weighted by Gasteiger charge is -2.13. The van der Waals surface area contributed by atoms with E-state index in [0.717, 1.165) is 66.8 Å². The maximum Gasteiger partial charge on any atom is 0.160 e. The molecule has 3 heterocycles. The Kier molecular flexibility index (Phi) is 5.53. The van der Waals surface area contributed by atoms with Crippen LogP contribution in [0.2, 0.25) is 0 Å². The summed E-state index contributed by atoms with van der Waals surface area (Å²) in [6, 6.07) is 45.2. The van der Waals surface area contributed by atoms with Crippen molar-refractivity contribution in [2.45, 2.75) is 6.92 Å². The summed E-state index contributed by atoms with van der Waals surface area (Å²) in [7, 11) is 0. The lowest BCUT2D eigenvalue weighted by Crippen LogP contribution is -1.98. The van der Waals surface area contributed by atoms with E-state index in [4.69, 9.17) is 19.9 Å². The summed E-state index contributed by atoms with van der Waals surface area (Å²) >= 11 is 0. The van der Waals surface area contributed by atoms with Crippen LogP contribution in [0.5, 0.6) is 0 Å². The van der Waals surface area contributed by atoms with E-state index in [1.54, 1.807) is 0 Å². The molecule has 182 valence electrons. The maximum absolute atomic E-state index is 5.12. The van der Waals surface area contributed by atoms with E-state index < -0.39 is 0 Å². The molecule has 39 heavy (non-hydrogen) atoms. The molecule has 4 aromatic carbocycles. The zero-order valence-electron chi connectivity index (χ0n) is 21.3. The molecule has 0 spiro atoms. The number of aromatic nitrogens is 4. The van der Waals surface area contributed by atoms with Gasteiger partial charge in [0, 0.05) is 27.6 Å². The fourth-order valence-electron chi connectivity index (χ4n) is 4.87. The van der Waals surface area contributed by atoms with Gasteiger partial charge in [0.2, 0.25) is 0 Å². The first-order valence-corrected chi connectivity index (χ1v) is 12.8. The van der Waals surface area contributed by atoms with Crippen LogP contribution < -0.4 is 0 Å². The maximum atomic E-state index is 5.12. The number of nitrogens with zero attached hydrogens (tertiary/aromatic N) is 4. The van der Waals surface area contributed by atoms with Crippen molar-refractivity contribution in [2.75, 3.05) is 0 Å². The van der Waals surface area contributed by atoms with E-state index >= 15 is 0 Å². The Morgan fingerprint density at radius 1 is 0.487 bits per heavy atom. The molecule has 0 atom stereocenters. The highest BCUT2D eigenvalue weighted by Crippen LogP contribution is 2.36. The molecule has 7 aromatic rings. The first-order valence-electron chi connectivity index (χ1n) is 12.8. The lowest BCUT2D eigenvalue weighted by atomic mass is 9.99. The molecule has 4 nitrogen and oxygen atoms in total. The number of rotatable bonds is 4. The van der Waals surface area contributed by atoms with E-state index in [0.29, 0.717) is 5.82 Å². The average Bonchev–Trinajstić information content (AvgIpc) is 3.01. The number of fused-ring (bicyclic) bond motifs is 3. The van der Waals surface area contributed by atoms with E-state index in [1.807, 2.05) is 79.7 Å². The van der Waals surface area contributed by atoms with Gasteiger partial charge in [0.1, 0.15) is 5.52 Å². The van der Waals surface area contributed by atoms with Crippen LogP contribution in [0, 0.1) is 19.1 Å². The summed E-state index contributed by atoms with van der Waals surface area (Å²) in [5.74, 6) is 0.677. The number of hydrogen-bond donors (Lipinski definition) is 0. The Bertz CT molecular complexity index is 1890. The van der Waals surface area contributed by atoms with Crippen molar-refractivity contribution >= 4 is 21.8 Å². The van der Waals surface area contributed by atoms with Crippen molar-refractivity contribution in [3.05, 3.63) is 133 Å². The van der Waals surface area contributed by atoms with Gasteiger partial charge in [0.25, 0.3) is 0 Å². The quantitative estimate of drug-likeness (QED) is 0.246. The van der Waals surface area contributed by atoms with Crippen molar-refractivity contribution in [3.8, 4) is 45.2 Å². The van der Waals surface area contributed by atoms with Crippen LogP contribution in [0.1, 0.15) is 5.69 Å².